The maximum absolute atomic E-state index is 11.9. The summed E-state index contributed by atoms with van der Waals surface area (Å²) in [6, 6.07) is 3.75. The number of aromatic nitrogens is 2. The molecule has 0 bridgehead atoms. The Kier molecular flexibility index (Phi) is 5.05. The van der Waals surface area contributed by atoms with Gasteiger partial charge in [0.05, 0.1) is 11.9 Å². The SMILES string of the molecule is C=CCNC(=O)c1sc(COc2ccc(C)nc2)nc1C. The molecule has 0 aliphatic carbocycles. The second kappa shape index (κ2) is 6.99. The Bertz CT molecular complexity index is 635. The van der Waals surface area contributed by atoms with Gasteiger partial charge in [-0.2, -0.15) is 0 Å². The Balaban J connectivity index is 1.99. The van der Waals surface area contributed by atoms with E-state index >= 15 is 0 Å². The van der Waals surface area contributed by atoms with Gasteiger partial charge >= 0.3 is 0 Å². The molecule has 0 aromatic carbocycles. The van der Waals surface area contributed by atoms with Crippen LogP contribution in [0.5, 0.6) is 5.75 Å². The van der Waals surface area contributed by atoms with Gasteiger partial charge < -0.3 is 10.1 Å². The number of carbonyl (C=O) groups is 1. The van der Waals surface area contributed by atoms with E-state index in [-0.39, 0.29) is 5.91 Å². The summed E-state index contributed by atoms with van der Waals surface area (Å²) >= 11 is 1.34. The molecule has 21 heavy (non-hydrogen) atoms. The van der Waals surface area contributed by atoms with Crippen molar-refractivity contribution in [1.29, 1.82) is 0 Å². The zero-order valence-corrected chi connectivity index (χ0v) is 12.9. The van der Waals surface area contributed by atoms with E-state index in [1.807, 2.05) is 26.0 Å². The molecular formula is C15H17N3O2S. The highest BCUT2D eigenvalue weighted by molar-refractivity contribution is 7.13. The lowest BCUT2D eigenvalue weighted by molar-refractivity contribution is 0.0961. The molecule has 1 N–H and O–H groups in total. The quantitative estimate of drug-likeness (QED) is 0.833. The van der Waals surface area contributed by atoms with Crippen molar-refractivity contribution in [2.24, 2.45) is 0 Å². The summed E-state index contributed by atoms with van der Waals surface area (Å²) in [5, 5.41) is 3.51. The number of nitrogens with zero attached hydrogens (tertiary/aromatic N) is 2. The average Bonchev–Trinajstić information content (AvgIpc) is 2.85. The molecular weight excluding hydrogens is 286 g/mol. The van der Waals surface area contributed by atoms with Gasteiger partial charge in [0, 0.05) is 12.2 Å². The number of hydrogen-bond donors (Lipinski definition) is 1. The van der Waals surface area contributed by atoms with Gasteiger partial charge in [-0.05, 0) is 26.0 Å². The smallest absolute Gasteiger partial charge is 0.263 e. The van der Waals surface area contributed by atoms with E-state index in [1.54, 1.807) is 12.3 Å². The fraction of sp³-hybridized carbons (Fsp3) is 0.267. The normalized spacial score (nSPS) is 10.2. The summed E-state index contributed by atoms with van der Waals surface area (Å²) < 4.78 is 5.61. The van der Waals surface area contributed by atoms with Gasteiger partial charge in [0.1, 0.15) is 22.2 Å². The molecule has 0 saturated carbocycles. The van der Waals surface area contributed by atoms with Gasteiger partial charge in [0.2, 0.25) is 0 Å². The van der Waals surface area contributed by atoms with Crippen molar-refractivity contribution in [1.82, 2.24) is 15.3 Å². The summed E-state index contributed by atoms with van der Waals surface area (Å²) in [6.45, 7) is 8.07. The van der Waals surface area contributed by atoms with Crippen LogP contribution in [0, 0.1) is 13.8 Å². The lowest BCUT2D eigenvalue weighted by atomic mass is 10.3. The van der Waals surface area contributed by atoms with E-state index in [4.69, 9.17) is 4.74 Å². The van der Waals surface area contributed by atoms with Crippen LogP contribution in [0.15, 0.2) is 31.0 Å². The Morgan fingerprint density at radius 2 is 2.29 bits per heavy atom. The van der Waals surface area contributed by atoms with E-state index < -0.39 is 0 Å². The van der Waals surface area contributed by atoms with Crippen molar-refractivity contribution in [3.63, 3.8) is 0 Å². The summed E-state index contributed by atoms with van der Waals surface area (Å²) in [5.41, 5.74) is 1.65. The number of rotatable bonds is 6. The van der Waals surface area contributed by atoms with Crippen LogP contribution in [0.1, 0.15) is 26.1 Å². The third kappa shape index (κ3) is 4.13. The van der Waals surface area contributed by atoms with Gasteiger partial charge in [-0.15, -0.1) is 17.9 Å². The molecule has 0 saturated heterocycles. The molecule has 0 aliphatic heterocycles. The fourth-order valence-corrected chi connectivity index (χ4v) is 2.55. The number of aryl methyl sites for hydroxylation is 2. The number of carbonyl (C=O) groups excluding carboxylic acids is 1. The Morgan fingerprint density at radius 3 is 2.95 bits per heavy atom. The number of nitrogens with one attached hydrogen (secondary N) is 1. The highest BCUT2D eigenvalue weighted by atomic mass is 32.1. The lowest BCUT2D eigenvalue weighted by Crippen LogP contribution is -2.22. The van der Waals surface area contributed by atoms with Crippen molar-refractivity contribution in [3.05, 3.63) is 52.3 Å². The molecule has 2 aromatic rings. The predicted octanol–water partition coefficient (Wildman–Crippen LogP) is 2.65. The minimum Gasteiger partial charge on any atom is -0.485 e. The first-order chi connectivity index (χ1) is 10.1. The highest BCUT2D eigenvalue weighted by Crippen LogP contribution is 2.20. The van der Waals surface area contributed by atoms with E-state index in [0.717, 1.165) is 10.7 Å². The van der Waals surface area contributed by atoms with Crippen molar-refractivity contribution >= 4 is 17.2 Å². The number of amides is 1. The van der Waals surface area contributed by atoms with Crippen molar-refractivity contribution < 1.29 is 9.53 Å². The first-order valence-electron chi connectivity index (χ1n) is 6.51. The highest BCUT2D eigenvalue weighted by Gasteiger charge is 2.14. The summed E-state index contributed by atoms with van der Waals surface area (Å²) in [6.07, 6.45) is 3.32. The van der Waals surface area contributed by atoms with Crippen molar-refractivity contribution in [2.45, 2.75) is 20.5 Å². The molecule has 0 atom stereocenters. The molecule has 2 heterocycles. The Hall–Kier alpha value is -2.21. The molecule has 110 valence electrons. The predicted molar refractivity (Wildman–Crippen MR) is 82.7 cm³/mol. The molecule has 1 amide bonds. The molecule has 0 aliphatic rings. The molecule has 5 nitrogen and oxygen atoms in total. The largest absolute Gasteiger partial charge is 0.485 e. The van der Waals surface area contributed by atoms with Gasteiger partial charge in [0.25, 0.3) is 5.91 Å². The number of pyridine rings is 1. The molecule has 0 radical (unpaired) electrons. The zero-order chi connectivity index (χ0) is 15.2. The molecule has 2 aromatic heterocycles. The maximum Gasteiger partial charge on any atom is 0.263 e. The second-order valence-electron chi connectivity index (χ2n) is 4.44. The Labute approximate surface area is 127 Å². The molecule has 0 unspecified atom stereocenters. The van der Waals surface area contributed by atoms with Crippen LogP contribution >= 0.6 is 11.3 Å². The first kappa shape index (κ1) is 15.2. The van der Waals surface area contributed by atoms with Crippen LogP contribution in [-0.4, -0.2) is 22.4 Å². The lowest BCUT2D eigenvalue weighted by Gasteiger charge is -2.03. The van der Waals surface area contributed by atoms with Crippen LogP contribution in [0.3, 0.4) is 0 Å². The van der Waals surface area contributed by atoms with Crippen LogP contribution in [-0.2, 0) is 6.61 Å². The third-order valence-corrected chi connectivity index (χ3v) is 3.83. The van der Waals surface area contributed by atoms with Gasteiger partial charge in [-0.25, -0.2) is 4.98 Å². The van der Waals surface area contributed by atoms with E-state index in [0.29, 0.717) is 29.5 Å². The molecule has 2 rings (SSSR count). The van der Waals surface area contributed by atoms with E-state index in [1.165, 1.54) is 11.3 Å². The summed E-state index contributed by atoms with van der Waals surface area (Å²) in [5.74, 6) is 0.555. The number of hydrogen-bond acceptors (Lipinski definition) is 5. The fourth-order valence-electron chi connectivity index (χ4n) is 1.65. The average molecular weight is 303 g/mol. The van der Waals surface area contributed by atoms with Gasteiger partial charge in [-0.1, -0.05) is 6.08 Å². The van der Waals surface area contributed by atoms with Gasteiger partial charge in [-0.3, -0.25) is 9.78 Å². The molecule has 0 fully saturated rings. The Morgan fingerprint density at radius 1 is 1.48 bits per heavy atom. The first-order valence-corrected chi connectivity index (χ1v) is 7.32. The van der Waals surface area contributed by atoms with Crippen molar-refractivity contribution in [2.75, 3.05) is 6.54 Å². The van der Waals surface area contributed by atoms with E-state index in [9.17, 15) is 4.79 Å². The minimum atomic E-state index is -0.131. The molecule has 0 spiro atoms. The van der Waals surface area contributed by atoms with Crippen LogP contribution in [0.2, 0.25) is 0 Å². The van der Waals surface area contributed by atoms with Crippen LogP contribution in [0.4, 0.5) is 0 Å². The van der Waals surface area contributed by atoms with Crippen molar-refractivity contribution in [3.8, 4) is 5.75 Å². The monoisotopic (exact) mass is 303 g/mol. The summed E-state index contributed by atoms with van der Waals surface area (Å²) in [4.78, 5) is 21.0. The zero-order valence-electron chi connectivity index (χ0n) is 12.0. The standard InChI is InChI=1S/C15H17N3O2S/c1-4-7-16-15(19)14-11(3)18-13(21-14)9-20-12-6-5-10(2)17-8-12/h4-6,8H,1,7,9H2,2-3H3,(H,16,19). The maximum atomic E-state index is 11.9. The third-order valence-electron chi connectivity index (χ3n) is 2.70. The second-order valence-corrected chi connectivity index (χ2v) is 5.53. The topological polar surface area (TPSA) is 64.1 Å². The van der Waals surface area contributed by atoms with Crippen LogP contribution in [0.25, 0.3) is 0 Å². The minimum absolute atomic E-state index is 0.131. The van der Waals surface area contributed by atoms with Crippen LogP contribution < -0.4 is 10.1 Å². The number of thiazole rings is 1. The van der Waals surface area contributed by atoms with E-state index in [2.05, 4.69) is 21.9 Å². The molecule has 6 heteroatoms. The summed E-state index contributed by atoms with van der Waals surface area (Å²) in [7, 11) is 0. The number of ether oxygens (including phenoxy) is 1. The van der Waals surface area contributed by atoms with Gasteiger partial charge in [0.15, 0.2) is 0 Å².